The van der Waals surface area contributed by atoms with Crippen LogP contribution in [0.25, 0.3) is 0 Å². The molecule has 1 N–H and O–H groups in total. The zero-order valence-corrected chi connectivity index (χ0v) is 9.00. The number of para-hydroxylation sites is 1. The van der Waals surface area contributed by atoms with E-state index in [-0.39, 0.29) is 23.0 Å². The molecule has 0 amide bonds. The van der Waals surface area contributed by atoms with E-state index >= 15 is 0 Å². The number of nitro groups is 1. The highest BCUT2D eigenvalue weighted by Gasteiger charge is 2.21. The molecule has 1 aliphatic rings. The van der Waals surface area contributed by atoms with Crippen molar-refractivity contribution in [1.82, 2.24) is 5.32 Å². The molecule has 0 aliphatic heterocycles. The SMILES string of the molecule is Cl.O=[N+]([O-])c1ccccc1CNC1CC1. The average Bonchev–Trinajstić information content (AvgIpc) is 2.98. The molecule has 1 saturated carbocycles. The van der Waals surface area contributed by atoms with Gasteiger partial charge in [-0.3, -0.25) is 10.1 Å². The van der Waals surface area contributed by atoms with E-state index in [4.69, 9.17) is 0 Å². The molecule has 1 aromatic carbocycles. The maximum atomic E-state index is 10.7. The van der Waals surface area contributed by atoms with Crippen molar-refractivity contribution in [2.45, 2.75) is 25.4 Å². The molecule has 0 unspecified atom stereocenters. The number of hydrogen-bond donors (Lipinski definition) is 1. The summed E-state index contributed by atoms with van der Waals surface area (Å²) in [5, 5.41) is 13.9. The fraction of sp³-hybridized carbons (Fsp3) is 0.400. The predicted molar refractivity (Wildman–Crippen MR) is 60.2 cm³/mol. The monoisotopic (exact) mass is 228 g/mol. The van der Waals surface area contributed by atoms with Crippen LogP contribution in [0.2, 0.25) is 0 Å². The van der Waals surface area contributed by atoms with Gasteiger partial charge in [0.1, 0.15) is 0 Å². The fourth-order valence-electron chi connectivity index (χ4n) is 1.38. The van der Waals surface area contributed by atoms with E-state index in [1.807, 2.05) is 6.07 Å². The maximum Gasteiger partial charge on any atom is 0.273 e. The number of benzene rings is 1. The molecule has 4 nitrogen and oxygen atoms in total. The van der Waals surface area contributed by atoms with Crippen LogP contribution in [0.1, 0.15) is 18.4 Å². The third kappa shape index (κ3) is 3.18. The lowest BCUT2D eigenvalue weighted by atomic mass is 10.2. The highest BCUT2D eigenvalue weighted by Crippen LogP contribution is 2.22. The van der Waals surface area contributed by atoms with Crippen molar-refractivity contribution < 1.29 is 4.92 Å². The van der Waals surface area contributed by atoms with E-state index in [0.717, 1.165) is 5.56 Å². The molecule has 0 heterocycles. The second-order valence-electron chi connectivity index (χ2n) is 3.54. The summed E-state index contributed by atoms with van der Waals surface area (Å²) in [7, 11) is 0. The summed E-state index contributed by atoms with van der Waals surface area (Å²) < 4.78 is 0. The second kappa shape index (κ2) is 5.09. The zero-order chi connectivity index (χ0) is 9.97. The van der Waals surface area contributed by atoms with Gasteiger partial charge in [0, 0.05) is 24.2 Å². The van der Waals surface area contributed by atoms with Crippen molar-refractivity contribution in [3.63, 3.8) is 0 Å². The Balaban J connectivity index is 0.00000112. The van der Waals surface area contributed by atoms with Gasteiger partial charge >= 0.3 is 0 Å². The van der Waals surface area contributed by atoms with Crippen LogP contribution in [0.5, 0.6) is 0 Å². The van der Waals surface area contributed by atoms with Gasteiger partial charge < -0.3 is 5.32 Å². The van der Waals surface area contributed by atoms with Crippen molar-refractivity contribution in [1.29, 1.82) is 0 Å². The number of nitrogens with zero attached hydrogens (tertiary/aromatic N) is 1. The van der Waals surface area contributed by atoms with E-state index in [1.165, 1.54) is 12.8 Å². The van der Waals surface area contributed by atoms with E-state index in [0.29, 0.717) is 12.6 Å². The molecular formula is C10H13ClN2O2. The quantitative estimate of drug-likeness (QED) is 0.635. The number of nitrogens with one attached hydrogen (secondary N) is 1. The predicted octanol–water partition coefficient (Wildman–Crippen LogP) is 2.27. The minimum atomic E-state index is -0.329. The van der Waals surface area contributed by atoms with E-state index in [2.05, 4.69) is 5.32 Å². The molecule has 0 bridgehead atoms. The zero-order valence-electron chi connectivity index (χ0n) is 8.18. The standard InChI is InChI=1S/C10H12N2O2.ClH/c13-12(14)10-4-2-1-3-8(10)7-11-9-5-6-9;/h1-4,9,11H,5-7H2;1H. The molecule has 82 valence electrons. The molecule has 0 spiro atoms. The van der Waals surface area contributed by atoms with Crippen LogP contribution >= 0.6 is 12.4 Å². The van der Waals surface area contributed by atoms with Gasteiger partial charge in [0.15, 0.2) is 0 Å². The normalized spacial score (nSPS) is 14.4. The van der Waals surface area contributed by atoms with Gasteiger partial charge in [0.2, 0.25) is 0 Å². The van der Waals surface area contributed by atoms with E-state index < -0.39 is 0 Å². The molecule has 0 saturated heterocycles. The van der Waals surface area contributed by atoms with Crippen molar-refractivity contribution in [3.8, 4) is 0 Å². The highest BCUT2D eigenvalue weighted by atomic mass is 35.5. The van der Waals surface area contributed by atoms with Gasteiger partial charge in [-0.2, -0.15) is 0 Å². The van der Waals surface area contributed by atoms with Gasteiger partial charge in [0.25, 0.3) is 5.69 Å². The first-order chi connectivity index (χ1) is 6.77. The molecular weight excluding hydrogens is 216 g/mol. The summed E-state index contributed by atoms with van der Waals surface area (Å²) >= 11 is 0. The van der Waals surface area contributed by atoms with E-state index in [1.54, 1.807) is 18.2 Å². The Morgan fingerprint density at radius 3 is 2.67 bits per heavy atom. The van der Waals surface area contributed by atoms with Gasteiger partial charge in [0.05, 0.1) is 4.92 Å². The molecule has 15 heavy (non-hydrogen) atoms. The third-order valence-electron chi connectivity index (χ3n) is 2.35. The molecule has 1 fully saturated rings. The Kier molecular flexibility index (Phi) is 4.05. The summed E-state index contributed by atoms with van der Waals surface area (Å²) in [6.07, 6.45) is 2.39. The Morgan fingerprint density at radius 1 is 1.40 bits per heavy atom. The van der Waals surface area contributed by atoms with Crippen molar-refractivity contribution in [2.75, 3.05) is 0 Å². The molecule has 0 atom stereocenters. The Labute approximate surface area is 94.2 Å². The largest absolute Gasteiger partial charge is 0.310 e. The lowest BCUT2D eigenvalue weighted by Gasteiger charge is -2.03. The van der Waals surface area contributed by atoms with Crippen LogP contribution < -0.4 is 5.32 Å². The molecule has 5 heteroatoms. The van der Waals surface area contributed by atoms with E-state index in [9.17, 15) is 10.1 Å². The minimum Gasteiger partial charge on any atom is -0.310 e. The highest BCUT2D eigenvalue weighted by molar-refractivity contribution is 5.85. The second-order valence-corrected chi connectivity index (χ2v) is 3.54. The topological polar surface area (TPSA) is 55.2 Å². The lowest BCUT2D eigenvalue weighted by molar-refractivity contribution is -0.385. The number of nitro benzene ring substituents is 1. The summed E-state index contributed by atoms with van der Waals surface area (Å²) in [6.45, 7) is 0.599. The lowest BCUT2D eigenvalue weighted by Crippen LogP contribution is -2.16. The summed E-state index contributed by atoms with van der Waals surface area (Å²) in [6, 6.07) is 7.45. The van der Waals surface area contributed by atoms with Gasteiger partial charge in [-0.05, 0) is 12.8 Å². The summed E-state index contributed by atoms with van der Waals surface area (Å²) in [5.41, 5.74) is 0.977. The molecule has 0 aromatic heterocycles. The van der Waals surface area contributed by atoms with Gasteiger partial charge in [-0.25, -0.2) is 0 Å². The number of halogens is 1. The molecule has 0 radical (unpaired) electrons. The van der Waals surface area contributed by atoms with Crippen LogP contribution in [0.15, 0.2) is 24.3 Å². The van der Waals surface area contributed by atoms with Gasteiger partial charge in [-0.15, -0.1) is 12.4 Å². The van der Waals surface area contributed by atoms with Crippen molar-refractivity contribution >= 4 is 18.1 Å². The molecule has 1 aliphatic carbocycles. The van der Waals surface area contributed by atoms with Crippen LogP contribution in [0.4, 0.5) is 5.69 Å². The van der Waals surface area contributed by atoms with Crippen molar-refractivity contribution in [2.24, 2.45) is 0 Å². The first kappa shape index (κ1) is 11.9. The molecule has 2 rings (SSSR count). The van der Waals surface area contributed by atoms with Crippen molar-refractivity contribution in [3.05, 3.63) is 39.9 Å². The summed E-state index contributed by atoms with van der Waals surface area (Å²) in [5.74, 6) is 0. The van der Waals surface area contributed by atoms with Crippen LogP contribution in [-0.2, 0) is 6.54 Å². The number of hydrogen-bond acceptors (Lipinski definition) is 3. The Morgan fingerprint density at radius 2 is 2.07 bits per heavy atom. The average molecular weight is 229 g/mol. The van der Waals surface area contributed by atoms with Gasteiger partial charge in [-0.1, -0.05) is 18.2 Å². The minimum absolute atomic E-state index is 0. The Hall–Kier alpha value is -1.13. The third-order valence-corrected chi connectivity index (χ3v) is 2.35. The maximum absolute atomic E-state index is 10.7. The van der Waals surface area contributed by atoms with Crippen LogP contribution in [0.3, 0.4) is 0 Å². The number of rotatable bonds is 4. The smallest absolute Gasteiger partial charge is 0.273 e. The first-order valence-electron chi connectivity index (χ1n) is 4.73. The molecule has 1 aromatic rings. The Bertz CT molecular complexity index is 353. The van der Waals surface area contributed by atoms with Crippen LogP contribution in [-0.4, -0.2) is 11.0 Å². The summed E-state index contributed by atoms with van der Waals surface area (Å²) in [4.78, 5) is 10.3. The fourth-order valence-corrected chi connectivity index (χ4v) is 1.38. The van der Waals surface area contributed by atoms with Crippen LogP contribution in [0, 0.1) is 10.1 Å². The first-order valence-corrected chi connectivity index (χ1v) is 4.73.